The molecule has 0 amide bonds. The number of hydrogen-bond donors (Lipinski definition) is 0. The molecule has 1 rings (SSSR count). The summed E-state index contributed by atoms with van der Waals surface area (Å²) in [5, 5.41) is 0.120. The number of carbonyl (C=O) groups excluding carboxylic acids is 2. The van der Waals surface area contributed by atoms with Crippen LogP contribution >= 0.6 is 11.8 Å². The first kappa shape index (κ1) is 16.3. The van der Waals surface area contributed by atoms with Gasteiger partial charge in [0.1, 0.15) is 0 Å². The minimum atomic E-state index is -0.215. The lowest BCUT2D eigenvalue weighted by atomic mass is 10.1. The molecule has 0 aliphatic heterocycles. The Bertz CT molecular complexity index is 509. The fourth-order valence-corrected chi connectivity index (χ4v) is 1.99. The first-order chi connectivity index (χ1) is 9.61. The molecule has 0 aliphatic rings. The molecule has 0 bridgehead atoms. The van der Waals surface area contributed by atoms with Gasteiger partial charge in [0.05, 0.1) is 13.0 Å². The van der Waals surface area contributed by atoms with Gasteiger partial charge in [0.25, 0.3) is 0 Å². The molecule has 0 radical (unpaired) electrons. The second kappa shape index (κ2) is 9.22. The zero-order valence-electron chi connectivity index (χ0n) is 11.8. The topological polar surface area (TPSA) is 43.4 Å². The second-order valence-electron chi connectivity index (χ2n) is 4.07. The summed E-state index contributed by atoms with van der Waals surface area (Å²) in [6.07, 6.45) is 0.978. The summed E-state index contributed by atoms with van der Waals surface area (Å²) in [6.45, 7) is 3.75. The van der Waals surface area contributed by atoms with Gasteiger partial charge in [-0.25, -0.2) is 0 Å². The fourth-order valence-electron chi connectivity index (χ4n) is 1.49. The molecule has 1 aromatic carbocycles. The molecule has 0 N–H and O–H groups in total. The molecular formula is C16H18O3S. The highest BCUT2D eigenvalue weighted by atomic mass is 32.2. The highest BCUT2D eigenvalue weighted by Crippen LogP contribution is 2.06. The summed E-state index contributed by atoms with van der Waals surface area (Å²) >= 11 is 1.29. The summed E-state index contributed by atoms with van der Waals surface area (Å²) in [6, 6.07) is 7.54. The number of benzene rings is 1. The summed E-state index contributed by atoms with van der Waals surface area (Å²) < 4.78 is 4.89. The van der Waals surface area contributed by atoms with Gasteiger partial charge in [0.15, 0.2) is 5.12 Å². The molecule has 0 spiro atoms. The van der Waals surface area contributed by atoms with Crippen LogP contribution in [0.15, 0.2) is 24.3 Å². The van der Waals surface area contributed by atoms with Gasteiger partial charge in [-0.15, -0.1) is 0 Å². The van der Waals surface area contributed by atoms with Crippen LogP contribution in [-0.4, -0.2) is 23.4 Å². The van der Waals surface area contributed by atoms with Crippen LogP contribution in [0.25, 0.3) is 0 Å². The molecule has 0 unspecified atom stereocenters. The molecule has 0 aromatic heterocycles. The van der Waals surface area contributed by atoms with Crippen LogP contribution < -0.4 is 0 Å². The van der Waals surface area contributed by atoms with Crippen LogP contribution in [0.1, 0.15) is 31.4 Å². The van der Waals surface area contributed by atoms with E-state index in [-0.39, 0.29) is 17.5 Å². The van der Waals surface area contributed by atoms with Crippen molar-refractivity contribution in [2.24, 2.45) is 0 Å². The quantitative estimate of drug-likeness (QED) is 0.475. The predicted octanol–water partition coefficient (Wildman–Crippen LogP) is 2.81. The van der Waals surface area contributed by atoms with Crippen molar-refractivity contribution in [1.29, 1.82) is 0 Å². The van der Waals surface area contributed by atoms with E-state index in [2.05, 4.69) is 11.8 Å². The Morgan fingerprint density at radius 2 is 1.95 bits per heavy atom. The lowest BCUT2D eigenvalue weighted by molar-refractivity contribution is -0.142. The Kier molecular flexibility index (Phi) is 7.52. The van der Waals surface area contributed by atoms with E-state index in [0.717, 1.165) is 16.9 Å². The van der Waals surface area contributed by atoms with E-state index in [1.165, 1.54) is 11.8 Å². The molecule has 0 atom stereocenters. The molecule has 1 aromatic rings. The van der Waals surface area contributed by atoms with Crippen molar-refractivity contribution in [3.63, 3.8) is 0 Å². The maximum atomic E-state index is 11.3. The van der Waals surface area contributed by atoms with Gasteiger partial charge in [0, 0.05) is 24.7 Å². The molecule has 106 valence electrons. The number of hydrogen-bond acceptors (Lipinski definition) is 4. The number of thioether (sulfide) groups is 1. The maximum absolute atomic E-state index is 11.3. The number of rotatable bonds is 5. The van der Waals surface area contributed by atoms with Crippen LogP contribution in [0, 0.1) is 11.8 Å². The van der Waals surface area contributed by atoms with Crippen molar-refractivity contribution in [2.45, 2.75) is 26.7 Å². The first-order valence-electron chi connectivity index (χ1n) is 6.48. The van der Waals surface area contributed by atoms with Crippen LogP contribution in [0.5, 0.6) is 0 Å². The van der Waals surface area contributed by atoms with Gasteiger partial charge in [0.2, 0.25) is 0 Å². The predicted molar refractivity (Wildman–Crippen MR) is 81.4 cm³/mol. The van der Waals surface area contributed by atoms with E-state index in [4.69, 9.17) is 4.74 Å². The van der Waals surface area contributed by atoms with Crippen molar-refractivity contribution in [1.82, 2.24) is 0 Å². The molecule has 0 heterocycles. The Balaban J connectivity index is 2.44. The highest BCUT2D eigenvalue weighted by Gasteiger charge is 2.02. The van der Waals surface area contributed by atoms with Crippen molar-refractivity contribution < 1.29 is 14.3 Å². The molecule has 0 aliphatic carbocycles. The molecule has 3 nitrogen and oxygen atoms in total. The number of carbonyl (C=O) groups is 2. The number of ether oxygens (including phenoxy) is 1. The lowest BCUT2D eigenvalue weighted by Crippen LogP contribution is -2.07. The van der Waals surface area contributed by atoms with E-state index in [9.17, 15) is 9.59 Å². The maximum Gasteiger partial charge on any atom is 0.310 e. The third-order valence-corrected chi connectivity index (χ3v) is 3.19. The van der Waals surface area contributed by atoms with E-state index in [1.807, 2.05) is 24.3 Å². The van der Waals surface area contributed by atoms with Crippen molar-refractivity contribution in [3.05, 3.63) is 35.4 Å². The highest BCUT2D eigenvalue weighted by molar-refractivity contribution is 8.13. The zero-order chi connectivity index (χ0) is 14.8. The summed E-state index contributed by atoms with van der Waals surface area (Å²) in [5.74, 6) is 6.57. The van der Waals surface area contributed by atoms with Crippen molar-refractivity contribution >= 4 is 22.8 Å². The van der Waals surface area contributed by atoms with E-state index < -0.39 is 0 Å². The van der Waals surface area contributed by atoms with Gasteiger partial charge >= 0.3 is 5.97 Å². The SMILES string of the molecule is CCOC(=O)Cc1ccc(C#CCCSC(C)=O)cc1. The monoisotopic (exact) mass is 290 g/mol. The minimum absolute atomic E-state index is 0.120. The second-order valence-corrected chi connectivity index (χ2v) is 5.34. The van der Waals surface area contributed by atoms with Gasteiger partial charge in [-0.05, 0) is 24.6 Å². The summed E-state index contributed by atoms with van der Waals surface area (Å²) in [5.41, 5.74) is 1.83. The molecule has 0 saturated carbocycles. The van der Waals surface area contributed by atoms with Crippen LogP contribution in [0.2, 0.25) is 0 Å². The van der Waals surface area contributed by atoms with Gasteiger partial charge < -0.3 is 4.74 Å². The van der Waals surface area contributed by atoms with E-state index >= 15 is 0 Å². The smallest absolute Gasteiger partial charge is 0.310 e. The minimum Gasteiger partial charge on any atom is -0.466 e. The van der Waals surface area contributed by atoms with Gasteiger partial charge in [-0.3, -0.25) is 9.59 Å². The largest absolute Gasteiger partial charge is 0.466 e. The van der Waals surface area contributed by atoms with E-state index in [0.29, 0.717) is 13.0 Å². The van der Waals surface area contributed by atoms with Crippen molar-refractivity contribution in [2.75, 3.05) is 12.4 Å². The van der Waals surface area contributed by atoms with Crippen LogP contribution in [0.4, 0.5) is 0 Å². The lowest BCUT2D eigenvalue weighted by Gasteiger charge is -2.01. The molecule has 0 saturated heterocycles. The Hall–Kier alpha value is -1.73. The third kappa shape index (κ3) is 7.01. The summed E-state index contributed by atoms with van der Waals surface area (Å²) in [7, 11) is 0. The normalized spacial score (nSPS) is 9.50. The van der Waals surface area contributed by atoms with E-state index in [1.54, 1.807) is 13.8 Å². The zero-order valence-corrected chi connectivity index (χ0v) is 12.6. The van der Waals surface area contributed by atoms with Crippen LogP contribution in [0.3, 0.4) is 0 Å². The van der Waals surface area contributed by atoms with Gasteiger partial charge in [-0.2, -0.15) is 0 Å². The average Bonchev–Trinajstić information content (AvgIpc) is 2.40. The molecule has 4 heteroatoms. The molecule has 20 heavy (non-hydrogen) atoms. The van der Waals surface area contributed by atoms with Gasteiger partial charge in [-0.1, -0.05) is 35.7 Å². The summed E-state index contributed by atoms with van der Waals surface area (Å²) in [4.78, 5) is 22.0. The molecular weight excluding hydrogens is 272 g/mol. The standard InChI is InChI=1S/C16H18O3S/c1-3-19-16(18)12-15-9-7-14(8-10-15)6-4-5-11-20-13(2)17/h7-10H,3,5,11-12H2,1-2H3. The Morgan fingerprint density at radius 1 is 1.25 bits per heavy atom. The Morgan fingerprint density at radius 3 is 2.55 bits per heavy atom. The molecule has 0 fully saturated rings. The first-order valence-corrected chi connectivity index (χ1v) is 7.47. The third-order valence-electron chi connectivity index (χ3n) is 2.37. The fraction of sp³-hybridized carbons (Fsp3) is 0.375. The van der Waals surface area contributed by atoms with Crippen LogP contribution in [-0.2, 0) is 20.7 Å². The Labute approximate surface area is 124 Å². The average molecular weight is 290 g/mol. The van der Waals surface area contributed by atoms with Crippen molar-refractivity contribution in [3.8, 4) is 11.8 Å². The number of esters is 1.